The van der Waals surface area contributed by atoms with Gasteiger partial charge in [-0.2, -0.15) is 0 Å². The maximum absolute atomic E-state index is 4.32. The third-order valence-corrected chi connectivity index (χ3v) is 4.54. The van der Waals surface area contributed by atoms with E-state index in [-0.39, 0.29) is 0 Å². The first-order chi connectivity index (χ1) is 9.65. The minimum absolute atomic E-state index is 1.01. The molecule has 0 fully saturated rings. The van der Waals surface area contributed by atoms with E-state index in [0.717, 1.165) is 12.4 Å². The minimum atomic E-state index is 1.01. The molecular weight excluding hydrogens is 246 g/mol. The zero-order valence-electron chi connectivity index (χ0n) is 13.8. The zero-order chi connectivity index (χ0) is 14.8. The van der Waals surface area contributed by atoms with E-state index in [1.807, 2.05) is 12.3 Å². The second-order valence-electron chi connectivity index (χ2n) is 5.72. The average Bonchev–Trinajstić information content (AvgIpc) is 2.47. The first-order valence-corrected chi connectivity index (χ1v) is 8.17. The van der Waals surface area contributed by atoms with Crippen LogP contribution in [0.2, 0.25) is 0 Å². The quantitative estimate of drug-likeness (QED) is 0.519. The maximum Gasteiger partial charge on any atom is 0.126 e. The van der Waals surface area contributed by atoms with Crippen LogP contribution in [0.1, 0.15) is 45.6 Å². The molecule has 0 spiro atoms. The van der Waals surface area contributed by atoms with Crippen LogP contribution in [-0.4, -0.2) is 42.2 Å². The second kappa shape index (κ2) is 8.96. The molecule has 0 unspecified atom stereocenters. The van der Waals surface area contributed by atoms with Crippen LogP contribution in [0.5, 0.6) is 0 Å². The van der Waals surface area contributed by atoms with Gasteiger partial charge in [0.25, 0.3) is 0 Å². The fourth-order valence-corrected chi connectivity index (χ4v) is 2.74. The number of nitrogens with one attached hydrogen (secondary N) is 1. The van der Waals surface area contributed by atoms with Crippen LogP contribution >= 0.6 is 0 Å². The van der Waals surface area contributed by atoms with Gasteiger partial charge in [0.1, 0.15) is 5.82 Å². The lowest BCUT2D eigenvalue weighted by Crippen LogP contribution is -2.48. The molecule has 0 aromatic carbocycles. The van der Waals surface area contributed by atoms with Gasteiger partial charge in [0.15, 0.2) is 0 Å². The predicted octanol–water partition coefficient (Wildman–Crippen LogP) is 3.85. The van der Waals surface area contributed by atoms with E-state index in [0.29, 0.717) is 0 Å². The van der Waals surface area contributed by atoms with Crippen molar-refractivity contribution in [3.8, 4) is 0 Å². The molecule has 0 aliphatic rings. The van der Waals surface area contributed by atoms with Crippen LogP contribution in [0.3, 0.4) is 0 Å². The summed E-state index contributed by atoms with van der Waals surface area (Å²) in [7, 11) is 0. The summed E-state index contributed by atoms with van der Waals surface area (Å²) < 4.78 is 1.27. The smallest absolute Gasteiger partial charge is 0.126 e. The van der Waals surface area contributed by atoms with Crippen molar-refractivity contribution >= 4 is 5.82 Å². The van der Waals surface area contributed by atoms with Crippen LogP contribution in [0.25, 0.3) is 0 Å². The van der Waals surface area contributed by atoms with Gasteiger partial charge in [0, 0.05) is 12.7 Å². The van der Waals surface area contributed by atoms with E-state index in [9.17, 15) is 0 Å². The number of nitrogens with zero attached hydrogens (tertiary/aromatic N) is 2. The molecule has 114 valence electrons. The lowest BCUT2D eigenvalue weighted by atomic mass is 10.2. The van der Waals surface area contributed by atoms with Crippen LogP contribution in [0, 0.1) is 6.92 Å². The summed E-state index contributed by atoms with van der Waals surface area (Å²) in [5.41, 5.74) is 1.26. The molecule has 1 aromatic rings. The van der Waals surface area contributed by atoms with Gasteiger partial charge < -0.3 is 9.80 Å². The molecule has 0 aliphatic heterocycles. The van der Waals surface area contributed by atoms with Crippen molar-refractivity contribution in [2.45, 2.75) is 47.0 Å². The summed E-state index contributed by atoms with van der Waals surface area (Å²) in [5.74, 6) is 1.01. The van der Waals surface area contributed by atoms with Gasteiger partial charge >= 0.3 is 0 Å². The minimum Gasteiger partial charge on any atom is -0.370 e. The maximum atomic E-state index is 4.32. The summed E-state index contributed by atoms with van der Waals surface area (Å²) in [6.45, 7) is 15.2. The van der Waals surface area contributed by atoms with Crippen molar-refractivity contribution in [2.75, 3.05) is 38.0 Å². The molecule has 3 heteroatoms. The summed E-state index contributed by atoms with van der Waals surface area (Å²) >= 11 is 0. The van der Waals surface area contributed by atoms with E-state index in [2.05, 4.69) is 44.1 Å². The van der Waals surface area contributed by atoms with Crippen LogP contribution in [0.15, 0.2) is 18.3 Å². The van der Waals surface area contributed by atoms with Crippen molar-refractivity contribution in [1.29, 1.82) is 0 Å². The number of rotatable bonds is 10. The van der Waals surface area contributed by atoms with Gasteiger partial charge in [0.05, 0.1) is 26.2 Å². The van der Waals surface area contributed by atoms with Gasteiger partial charge in [-0.05, 0) is 64.7 Å². The first kappa shape index (κ1) is 17.0. The largest absolute Gasteiger partial charge is 0.370 e. The lowest BCUT2D eigenvalue weighted by molar-refractivity contribution is -0.923. The van der Waals surface area contributed by atoms with Crippen molar-refractivity contribution in [1.82, 2.24) is 4.98 Å². The van der Waals surface area contributed by atoms with Gasteiger partial charge in [-0.15, -0.1) is 0 Å². The Labute approximate surface area is 125 Å². The molecule has 3 nitrogen and oxygen atoms in total. The number of aromatic nitrogens is 1. The fourth-order valence-electron chi connectivity index (χ4n) is 2.74. The van der Waals surface area contributed by atoms with Crippen molar-refractivity contribution < 1.29 is 4.48 Å². The highest BCUT2D eigenvalue weighted by Crippen LogP contribution is 2.10. The van der Waals surface area contributed by atoms with Gasteiger partial charge in [0.2, 0.25) is 0 Å². The molecule has 1 N–H and O–H groups in total. The number of pyridine rings is 1. The Bertz CT molecular complexity index is 364. The molecule has 0 bridgehead atoms. The Morgan fingerprint density at radius 2 is 1.75 bits per heavy atom. The summed E-state index contributed by atoms with van der Waals surface area (Å²) in [5, 5.41) is 3.41. The fraction of sp³-hybridized carbons (Fsp3) is 0.706. The highest BCUT2D eigenvalue weighted by atomic mass is 15.3. The van der Waals surface area contributed by atoms with Crippen molar-refractivity contribution in [3.05, 3.63) is 23.9 Å². The summed E-state index contributed by atoms with van der Waals surface area (Å²) in [6, 6.07) is 4.14. The Hall–Kier alpha value is -1.09. The van der Waals surface area contributed by atoms with Crippen molar-refractivity contribution in [2.24, 2.45) is 0 Å². The molecule has 1 aromatic heterocycles. The monoisotopic (exact) mass is 278 g/mol. The Morgan fingerprint density at radius 3 is 2.35 bits per heavy atom. The summed E-state index contributed by atoms with van der Waals surface area (Å²) in [6.07, 6.45) is 5.73. The molecule has 1 rings (SSSR count). The van der Waals surface area contributed by atoms with E-state index in [4.69, 9.17) is 0 Å². The molecule has 0 saturated heterocycles. The van der Waals surface area contributed by atoms with E-state index >= 15 is 0 Å². The molecular formula is C17H32N3+. The normalized spacial score (nSPS) is 11.6. The highest BCUT2D eigenvalue weighted by molar-refractivity contribution is 5.36. The third-order valence-electron chi connectivity index (χ3n) is 4.54. The number of quaternary nitrogens is 1. The van der Waals surface area contributed by atoms with E-state index in [1.54, 1.807) is 0 Å². The lowest BCUT2D eigenvalue weighted by Gasteiger charge is -2.35. The Morgan fingerprint density at radius 1 is 1.05 bits per heavy atom. The highest BCUT2D eigenvalue weighted by Gasteiger charge is 2.19. The van der Waals surface area contributed by atoms with E-state index in [1.165, 1.54) is 55.5 Å². The molecule has 0 saturated carbocycles. The zero-order valence-corrected chi connectivity index (χ0v) is 13.8. The van der Waals surface area contributed by atoms with Gasteiger partial charge in [-0.1, -0.05) is 0 Å². The SMILES string of the molecule is CC[N+](CC)(CC)CCCCCNc1cc(C)ccn1. The molecule has 20 heavy (non-hydrogen) atoms. The standard InChI is InChI=1S/C17H32N3/c1-5-20(6-2,7-3)14-10-8-9-12-18-17-15-16(4)11-13-19-17/h11,13,15H,5-10,12,14H2,1-4H3,(H,18,19)/q+1. The number of aryl methyl sites for hydroxylation is 1. The Kier molecular flexibility index (Phi) is 7.60. The van der Waals surface area contributed by atoms with Gasteiger partial charge in [-0.3, -0.25) is 0 Å². The Balaban J connectivity index is 2.16. The molecule has 0 radical (unpaired) electrons. The first-order valence-electron chi connectivity index (χ1n) is 8.17. The third kappa shape index (κ3) is 5.49. The number of hydrogen-bond acceptors (Lipinski definition) is 2. The van der Waals surface area contributed by atoms with Gasteiger partial charge in [-0.25, -0.2) is 4.98 Å². The molecule has 0 aliphatic carbocycles. The van der Waals surface area contributed by atoms with Crippen LogP contribution in [-0.2, 0) is 0 Å². The second-order valence-corrected chi connectivity index (χ2v) is 5.72. The molecule has 0 atom stereocenters. The van der Waals surface area contributed by atoms with Crippen LogP contribution < -0.4 is 5.32 Å². The predicted molar refractivity (Wildman–Crippen MR) is 88.1 cm³/mol. The van der Waals surface area contributed by atoms with Crippen LogP contribution in [0.4, 0.5) is 5.82 Å². The topological polar surface area (TPSA) is 24.9 Å². The number of hydrogen-bond donors (Lipinski definition) is 1. The molecule has 1 heterocycles. The summed E-state index contributed by atoms with van der Waals surface area (Å²) in [4.78, 5) is 4.32. The molecule has 0 amide bonds. The average molecular weight is 278 g/mol. The van der Waals surface area contributed by atoms with Crippen molar-refractivity contribution in [3.63, 3.8) is 0 Å². The number of unbranched alkanes of at least 4 members (excludes halogenated alkanes) is 2. The van der Waals surface area contributed by atoms with E-state index < -0.39 is 0 Å². The number of anilines is 1.